The Labute approximate surface area is 170 Å². The molecule has 0 radical (unpaired) electrons. The van der Waals surface area contributed by atoms with Gasteiger partial charge in [0, 0.05) is 64.5 Å². The van der Waals surface area contributed by atoms with Gasteiger partial charge in [0.1, 0.15) is 0 Å². The molecule has 0 saturated carbocycles. The number of carboxylic acids is 1. The first-order valence-corrected chi connectivity index (χ1v) is 9.59. The standard InChI is InChI=1S/C18H31N5O6/c1-19-5-6-20(2)8-10-22(12-11-21(9-7-19)13-17(26)27)14-18(28)29-23-15(24)3-4-16(23)25/h3-4,24-25H,5-14H2,1-2H3,(H,26,27). The maximum Gasteiger partial charge on any atom is 0.347 e. The van der Waals surface area contributed by atoms with Crippen LogP contribution in [0.3, 0.4) is 0 Å². The molecule has 0 unspecified atom stereocenters. The molecule has 29 heavy (non-hydrogen) atoms. The maximum atomic E-state index is 12.3. The third kappa shape index (κ3) is 7.89. The highest BCUT2D eigenvalue weighted by Gasteiger charge is 2.19. The summed E-state index contributed by atoms with van der Waals surface area (Å²) in [6.45, 7) is 5.32. The molecule has 0 spiro atoms. The van der Waals surface area contributed by atoms with Gasteiger partial charge >= 0.3 is 11.9 Å². The van der Waals surface area contributed by atoms with Crippen LogP contribution in [0, 0.1) is 0 Å². The van der Waals surface area contributed by atoms with Gasteiger partial charge in [-0.05, 0) is 14.1 Å². The molecule has 1 aliphatic rings. The third-order valence-corrected chi connectivity index (χ3v) is 4.89. The minimum absolute atomic E-state index is 0.0499. The van der Waals surface area contributed by atoms with Crippen molar-refractivity contribution >= 4 is 11.9 Å². The Balaban J connectivity index is 2.00. The fourth-order valence-electron chi connectivity index (χ4n) is 3.01. The molecule has 164 valence electrons. The highest BCUT2D eigenvalue weighted by atomic mass is 16.7. The Morgan fingerprint density at radius 2 is 1.24 bits per heavy atom. The minimum atomic E-state index is -0.885. The van der Waals surface area contributed by atoms with Gasteiger partial charge in [0.2, 0.25) is 11.8 Å². The van der Waals surface area contributed by atoms with Crippen molar-refractivity contribution in [1.29, 1.82) is 0 Å². The van der Waals surface area contributed by atoms with Crippen LogP contribution in [0.25, 0.3) is 0 Å². The van der Waals surface area contributed by atoms with Crippen LogP contribution in [-0.2, 0) is 9.59 Å². The maximum absolute atomic E-state index is 12.3. The molecule has 0 amide bonds. The van der Waals surface area contributed by atoms with Gasteiger partial charge < -0.3 is 30.0 Å². The van der Waals surface area contributed by atoms with Crippen LogP contribution in [0.5, 0.6) is 11.8 Å². The Hall–Kier alpha value is -2.34. The zero-order chi connectivity index (χ0) is 21.4. The number of carbonyl (C=O) groups excluding carboxylic acids is 1. The highest BCUT2D eigenvalue weighted by Crippen LogP contribution is 2.18. The number of aromatic hydroxyl groups is 2. The molecule has 0 atom stereocenters. The van der Waals surface area contributed by atoms with E-state index in [0.717, 1.165) is 26.2 Å². The minimum Gasteiger partial charge on any atom is -0.492 e. The molecule has 11 heteroatoms. The number of hydrogen-bond donors (Lipinski definition) is 3. The number of likely N-dealkylation sites (N-methyl/N-ethyl adjacent to an activating group) is 2. The molecule has 0 aliphatic carbocycles. The van der Waals surface area contributed by atoms with Gasteiger partial charge in [-0.1, -0.05) is 0 Å². The second-order valence-electron chi connectivity index (χ2n) is 7.36. The van der Waals surface area contributed by atoms with Crippen molar-refractivity contribution < 1.29 is 29.7 Å². The molecule has 2 rings (SSSR count). The van der Waals surface area contributed by atoms with E-state index in [2.05, 4.69) is 9.80 Å². The lowest BCUT2D eigenvalue weighted by molar-refractivity contribution is -0.147. The van der Waals surface area contributed by atoms with E-state index in [9.17, 15) is 19.8 Å². The fraction of sp³-hybridized carbons (Fsp3) is 0.667. The SMILES string of the molecule is CN1CCN(C)CCN(CC(=O)On2c(O)ccc2O)CCN(CC(=O)O)CC1. The number of aromatic nitrogens is 1. The zero-order valence-corrected chi connectivity index (χ0v) is 17.0. The van der Waals surface area contributed by atoms with Crippen molar-refractivity contribution in [2.45, 2.75) is 0 Å². The Kier molecular flexibility index (Phi) is 8.70. The third-order valence-electron chi connectivity index (χ3n) is 4.89. The molecular formula is C18H31N5O6. The second kappa shape index (κ2) is 11.0. The van der Waals surface area contributed by atoms with Crippen molar-refractivity contribution in [2.75, 3.05) is 79.5 Å². The fourth-order valence-corrected chi connectivity index (χ4v) is 3.01. The van der Waals surface area contributed by atoms with Gasteiger partial charge in [0.15, 0.2) is 0 Å². The molecule has 2 heterocycles. The van der Waals surface area contributed by atoms with Gasteiger partial charge in [-0.15, -0.1) is 4.73 Å². The number of carbonyl (C=O) groups is 2. The van der Waals surface area contributed by atoms with Gasteiger partial charge in [-0.3, -0.25) is 14.6 Å². The lowest BCUT2D eigenvalue weighted by Gasteiger charge is -2.31. The smallest absolute Gasteiger partial charge is 0.347 e. The molecule has 3 N–H and O–H groups in total. The van der Waals surface area contributed by atoms with Crippen molar-refractivity contribution in [3.63, 3.8) is 0 Å². The molecule has 0 bridgehead atoms. The highest BCUT2D eigenvalue weighted by molar-refractivity contribution is 5.72. The number of hydrogen-bond acceptors (Lipinski definition) is 9. The van der Waals surface area contributed by atoms with Gasteiger partial charge in [-0.25, -0.2) is 4.79 Å². The number of carboxylic acid groups (broad SMARTS) is 1. The van der Waals surface area contributed by atoms with Crippen molar-refractivity contribution in [2.24, 2.45) is 0 Å². The lowest BCUT2D eigenvalue weighted by atomic mass is 10.3. The van der Waals surface area contributed by atoms with Crippen LogP contribution in [0.4, 0.5) is 0 Å². The Morgan fingerprint density at radius 3 is 1.72 bits per heavy atom. The first kappa shape index (κ1) is 22.9. The quantitative estimate of drug-likeness (QED) is 0.521. The molecular weight excluding hydrogens is 382 g/mol. The first-order valence-electron chi connectivity index (χ1n) is 9.59. The van der Waals surface area contributed by atoms with Crippen LogP contribution in [0.15, 0.2) is 12.1 Å². The van der Waals surface area contributed by atoms with Crippen LogP contribution < -0.4 is 4.84 Å². The first-order chi connectivity index (χ1) is 13.7. The number of rotatable bonds is 5. The van der Waals surface area contributed by atoms with Crippen LogP contribution in [0.1, 0.15) is 0 Å². The summed E-state index contributed by atoms with van der Waals surface area (Å²) in [5, 5.41) is 28.4. The van der Waals surface area contributed by atoms with E-state index in [1.807, 2.05) is 23.9 Å². The Morgan fingerprint density at radius 1 is 0.828 bits per heavy atom. The van der Waals surface area contributed by atoms with E-state index in [1.54, 1.807) is 0 Å². The van der Waals surface area contributed by atoms with Gasteiger partial charge in [0.05, 0.1) is 13.1 Å². The normalized spacial score (nSPS) is 19.4. The average Bonchev–Trinajstić information content (AvgIpc) is 2.96. The van der Waals surface area contributed by atoms with Gasteiger partial charge in [0.25, 0.3) is 0 Å². The lowest BCUT2D eigenvalue weighted by Crippen LogP contribution is -2.47. The van der Waals surface area contributed by atoms with E-state index in [1.165, 1.54) is 12.1 Å². The predicted molar refractivity (Wildman–Crippen MR) is 105 cm³/mol. The summed E-state index contributed by atoms with van der Waals surface area (Å²) in [5.41, 5.74) is 0. The summed E-state index contributed by atoms with van der Waals surface area (Å²) in [6, 6.07) is 2.43. The largest absolute Gasteiger partial charge is 0.492 e. The molecule has 1 aromatic rings. The van der Waals surface area contributed by atoms with Crippen molar-refractivity contribution in [1.82, 2.24) is 24.3 Å². The van der Waals surface area contributed by atoms with E-state index >= 15 is 0 Å². The molecule has 1 aliphatic heterocycles. The topological polar surface area (TPSA) is 122 Å². The van der Waals surface area contributed by atoms with E-state index in [-0.39, 0.29) is 24.8 Å². The van der Waals surface area contributed by atoms with Crippen LogP contribution in [0.2, 0.25) is 0 Å². The van der Waals surface area contributed by atoms with Crippen molar-refractivity contribution in [3.05, 3.63) is 12.1 Å². The molecule has 0 aromatic carbocycles. The van der Waals surface area contributed by atoms with Crippen molar-refractivity contribution in [3.8, 4) is 11.8 Å². The number of nitrogens with zero attached hydrogens (tertiary/aromatic N) is 5. The molecule has 11 nitrogen and oxygen atoms in total. The van der Waals surface area contributed by atoms with E-state index in [0.29, 0.717) is 30.9 Å². The monoisotopic (exact) mass is 413 g/mol. The summed E-state index contributed by atoms with van der Waals surface area (Å²) in [7, 11) is 4.04. The summed E-state index contributed by atoms with van der Waals surface area (Å²) in [5.74, 6) is -2.27. The zero-order valence-electron chi connectivity index (χ0n) is 17.0. The van der Waals surface area contributed by atoms with Crippen LogP contribution in [-0.4, -0.2) is 131 Å². The average molecular weight is 413 g/mol. The molecule has 1 fully saturated rings. The summed E-state index contributed by atoms with van der Waals surface area (Å²) < 4.78 is 0.664. The second-order valence-corrected chi connectivity index (χ2v) is 7.36. The van der Waals surface area contributed by atoms with E-state index in [4.69, 9.17) is 9.94 Å². The van der Waals surface area contributed by atoms with Crippen LogP contribution >= 0.6 is 0 Å². The molecule has 1 aromatic heterocycles. The molecule has 1 saturated heterocycles. The van der Waals surface area contributed by atoms with E-state index < -0.39 is 11.9 Å². The summed E-state index contributed by atoms with van der Waals surface area (Å²) >= 11 is 0. The summed E-state index contributed by atoms with van der Waals surface area (Å²) in [6.07, 6.45) is 0. The number of aliphatic carboxylic acids is 1. The summed E-state index contributed by atoms with van der Waals surface area (Å²) in [4.78, 5) is 36.6. The predicted octanol–water partition coefficient (Wildman–Crippen LogP) is -1.58. The Bertz CT molecular complexity index is 662. The van der Waals surface area contributed by atoms with Gasteiger partial charge in [-0.2, -0.15) is 0 Å².